The van der Waals surface area contributed by atoms with E-state index in [0.717, 1.165) is 24.8 Å². The largest absolute Gasteiger partial charge is 0.452 e. The van der Waals surface area contributed by atoms with Crippen molar-refractivity contribution in [1.82, 2.24) is 5.32 Å². The molecule has 1 saturated carbocycles. The molecule has 1 N–H and O–H groups in total. The van der Waals surface area contributed by atoms with Crippen molar-refractivity contribution in [3.63, 3.8) is 0 Å². The Bertz CT molecular complexity index is 550. The summed E-state index contributed by atoms with van der Waals surface area (Å²) in [6.07, 6.45) is 3.17. The molecule has 0 unspecified atom stereocenters. The second-order valence-corrected chi connectivity index (χ2v) is 6.13. The molecule has 4 nitrogen and oxygen atoms in total. The molecule has 1 atom stereocenters. The minimum atomic E-state index is -0.827. The van der Waals surface area contributed by atoms with Gasteiger partial charge in [0.15, 0.2) is 6.10 Å². The summed E-state index contributed by atoms with van der Waals surface area (Å²) < 4.78 is 18.6. The summed E-state index contributed by atoms with van der Waals surface area (Å²) in [7, 11) is 0. The number of benzene rings is 1. The van der Waals surface area contributed by atoms with E-state index in [1.807, 2.05) is 6.92 Å². The van der Waals surface area contributed by atoms with Crippen LogP contribution in [0.2, 0.25) is 0 Å². The highest BCUT2D eigenvalue weighted by molar-refractivity contribution is 5.88. The highest BCUT2D eigenvalue weighted by Gasteiger charge is 2.45. The van der Waals surface area contributed by atoms with E-state index in [0.29, 0.717) is 19.4 Å². The summed E-state index contributed by atoms with van der Waals surface area (Å²) in [5, 5.41) is 2.72. The van der Waals surface area contributed by atoms with Gasteiger partial charge in [-0.15, -0.1) is 0 Å². The van der Waals surface area contributed by atoms with E-state index in [1.165, 1.54) is 12.1 Å². The van der Waals surface area contributed by atoms with Crippen LogP contribution in [-0.2, 0) is 19.7 Å². The van der Waals surface area contributed by atoms with Crippen molar-refractivity contribution in [1.29, 1.82) is 0 Å². The molecule has 1 aromatic rings. The first-order valence-electron chi connectivity index (χ1n) is 8.24. The lowest BCUT2D eigenvalue weighted by atomic mass is 9.79. The van der Waals surface area contributed by atoms with Crippen molar-refractivity contribution < 1.29 is 18.7 Å². The van der Waals surface area contributed by atoms with E-state index < -0.39 is 11.5 Å². The van der Waals surface area contributed by atoms with Gasteiger partial charge in [-0.25, -0.2) is 4.39 Å². The Balaban J connectivity index is 2.13. The van der Waals surface area contributed by atoms with Gasteiger partial charge in [0.05, 0.1) is 5.41 Å². The van der Waals surface area contributed by atoms with Gasteiger partial charge in [-0.2, -0.15) is 0 Å². The normalized spacial score (nSPS) is 17.5. The number of amides is 1. The van der Waals surface area contributed by atoms with Gasteiger partial charge in [-0.1, -0.05) is 31.9 Å². The highest BCUT2D eigenvalue weighted by Crippen LogP contribution is 2.42. The molecule has 0 aliphatic heterocycles. The van der Waals surface area contributed by atoms with Crippen LogP contribution in [0.4, 0.5) is 4.39 Å². The van der Waals surface area contributed by atoms with Gasteiger partial charge >= 0.3 is 5.97 Å². The number of halogens is 1. The number of rotatable bonds is 6. The van der Waals surface area contributed by atoms with Crippen LogP contribution in [0.1, 0.15) is 51.5 Å². The lowest BCUT2D eigenvalue weighted by Gasteiger charge is -2.28. The predicted octanol–water partition coefficient (Wildman–Crippen LogP) is 3.10. The zero-order chi connectivity index (χ0) is 16.9. The standard InChI is InChI=1S/C18H24FNO3/c1-3-12-20-16(21)13(2)23-17(22)18(10-4-5-11-18)14-6-8-15(19)9-7-14/h6-9,13H,3-5,10-12H2,1-2H3,(H,20,21)/t13-/m0/s1. The molecule has 1 aromatic carbocycles. The number of carbonyl (C=O) groups excluding carboxylic acids is 2. The van der Waals surface area contributed by atoms with Crippen molar-refractivity contribution >= 4 is 11.9 Å². The van der Waals surface area contributed by atoms with Gasteiger partial charge < -0.3 is 10.1 Å². The fourth-order valence-electron chi connectivity index (χ4n) is 3.08. The zero-order valence-electron chi connectivity index (χ0n) is 13.7. The van der Waals surface area contributed by atoms with Crippen LogP contribution in [0.15, 0.2) is 24.3 Å². The van der Waals surface area contributed by atoms with E-state index in [1.54, 1.807) is 19.1 Å². The monoisotopic (exact) mass is 321 g/mol. The van der Waals surface area contributed by atoms with Crippen LogP contribution in [0.25, 0.3) is 0 Å². The first-order valence-corrected chi connectivity index (χ1v) is 8.24. The third-order valence-electron chi connectivity index (χ3n) is 4.45. The number of hydrogen-bond donors (Lipinski definition) is 1. The lowest BCUT2D eigenvalue weighted by Crippen LogP contribution is -2.42. The molecule has 23 heavy (non-hydrogen) atoms. The molecular formula is C18H24FNO3. The van der Waals surface area contributed by atoms with E-state index in [4.69, 9.17) is 4.74 Å². The van der Waals surface area contributed by atoms with Gasteiger partial charge in [0.25, 0.3) is 5.91 Å². The Labute approximate surface area is 136 Å². The Morgan fingerprint density at radius 1 is 1.26 bits per heavy atom. The van der Waals surface area contributed by atoms with Gasteiger partial charge in [0.1, 0.15) is 5.82 Å². The van der Waals surface area contributed by atoms with Crippen LogP contribution in [0.3, 0.4) is 0 Å². The van der Waals surface area contributed by atoms with E-state index in [-0.39, 0.29) is 17.7 Å². The number of carbonyl (C=O) groups is 2. The maximum atomic E-state index is 13.2. The van der Waals surface area contributed by atoms with Crippen LogP contribution in [0, 0.1) is 5.82 Å². The molecule has 1 aliphatic carbocycles. The second kappa shape index (κ2) is 7.57. The van der Waals surface area contributed by atoms with Crippen molar-refractivity contribution in [2.24, 2.45) is 0 Å². The Kier molecular flexibility index (Phi) is 5.74. The number of nitrogens with one attached hydrogen (secondary N) is 1. The fraction of sp³-hybridized carbons (Fsp3) is 0.556. The van der Waals surface area contributed by atoms with Crippen LogP contribution in [0.5, 0.6) is 0 Å². The molecule has 1 fully saturated rings. The molecule has 2 rings (SSSR count). The van der Waals surface area contributed by atoms with E-state index >= 15 is 0 Å². The first kappa shape index (κ1) is 17.4. The molecule has 0 saturated heterocycles. The quantitative estimate of drug-likeness (QED) is 0.819. The Hall–Kier alpha value is -1.91. The molecule has 5 heteroatoms. The molecule has 0 spiro atoms. The number of ether oxygens (including phenoxy) is 1. The summed E-state index contributed by atoms with van der Waals surface area (Å²) in [6, 6.07) is 6.01. The third kappa shape index (κ3) is 3.89. The molecule has 0 aromatic heterocycles. The zero-order valence-corrected chi connectivity index (χ0v) is 13.7. The lowest BCUT2D eigenvalue weighted by molar-refractivity contribution is -0.160. The third-order valence-corrected chi connectivity index (χ3v) is 4.45. The van der Waals surface area contributed by atoms with Gasteiger partial charge in [0, 0.05) is 6.54 Å². The summed E-state index contributed by atoms with van der Waals surface area (Å²) in [6.45, 7) is 4.10. The molecule has 0 heterocycles. The van der Waals surface area contributed by atoms with Crippen LogP contribution < -0.4 is 5.32 Å². The van der Waals surface area contributed by atoms with Crippen molar-refractivity contribution in [3.8, 4) is 0 Å². The van der Waals surface area contributed by atoms with E-state index in [2.05, 4.69) is 5.32 Å². The average molecular weight is 321 g/mol. The topological polar surface area (TPSA) is 55.4 Å². The summed E-state index contributed by atoms with van der Waals surface area (Å²) in [4.78, 5) is 24.6. The smallest absolute Gasteiger partial charge is 0.317 e. The first-order chi connectivity index (χ1) is 11.0. The molecule has 0 bridgehead atoms. The number of esters is 1. The molecule has 126 valence electrons. The minimum Gasteiger partial charge on any atom is -0.452 e. The minimum absolute atomic E-state index is 0.285. The van der Waals surface area contributed by atoms with Crippen molar-refractivity contribution in [3.05, 3.63) is 35.6 Å². The fourth-order valence-corrected chi connectivity index (χ4v) is 3.08. The SMILES string of the molecule is CCCNC(=O)[C@H](C)OC(=O)C1(c2ccc(F)cc2)CCCC1. The van der Waals surface area contributed by atoms with E-state index in [9.17, 15) is 14.0 Å². The van der Waals surface area contributed by atoms with Crippen molar-refractivity contribution in [2.75, 3.05) is 6.54 Å². The van der Waals surface area contributed by atoms with Crippen molar-refractivity contribution in [2.45, 2.75) is 57.5 Å². The van der Waals surface area contributed by atoms with Crippen LogP contribution in [-0.4, -0.2) is 24.5 Å². The Morgan fingerprint density at radius 3 is 2.43 bits per heavy atom. The van der Waals surface area contributed by atoms with Gasteiger partial charge in [-0.05, 0) is 43.9 Å². The number of hydrogen-bond acceptors (Lipinski definition) is 3. The van der Waals surface area contributed by atoms with Gasteiger partial charge in [0.2, 0.25) is 0 Å². The van der Waals surface area contributed by atoms with Crippen LogP contribution >= 0.6 is 0 Å². The summed E-state index contributed by atoms with van der Waals surface area (Å²) >= 11 is 0. The maximum Gasteiger partial charge on any atom is 0.317 e. The van der Waals surface area contributed by atoms with Gasteiger partial charge in [-0.3, -0.25) is 9.59 Å². The molecular weight excluding hydrogens is 297 g/mol. The molecule has 1 amide bonds. The highest BCUT2D eigenvalue weighted by atomic mass is 19.1. The maximum absolute atomic E-state index is 13.2. The Morgan fingerprint density at radius 2 is 1.87 bits per heavy atom. The summed E-state index contributed by atoms with van der Waals surface area (Å²) in [5.74, 6) is -1.00. The molecule has 0 radical (unpaired) electrons. The second-order valence-electron chi connectivity index (χ2n) is 6.13. The molecule has 1 aliphatic rings. The average Bonchev–Trinajstić information content (AvgIpc) is 3.04. The predicted molar refractivity (Wildman–Crippen MR) is 85.4 cm³/mol. The summed E-state index contributed by atoms with van der Waals surface area (Å²) in [5.41, 5.74) is 0.00932.